The molecule has 17 heavy (non-hydrogen) atoms. The van der Waals surface area contributed by atoms with Crippen LogP contribution in [-0.4, -0.2) is 14.9 Å². The molecule has 0 amide bonds. The number of aromatic hydroxyl groups is 1. The number of aryl methyl sites for hydroxylation is 1. The molecule has 0 aliphatic heterocycles. The largest absolute Gasteiger partial charge is 0.492 e. The van der Waals surface area contributed by atoms with Crippen LogP contribution in [0.4, 0.5) is 0 Å². The van der Waals surface area contributed by atoms with Crippen LogP contribution in [0.2, 0.25) is 0 Å². The Morgan fingerprint density at radius 3 is 2.65 bits per heavy atom. The third-order valence-electron chi connectivity index (χ3n) is 5.97. The summed E-state index contributed by atoms with van der Waals surface area (Å²) in [5.74, 6) is 4.93. The Hall–Kier alpha value is -0.860. The normalized spacial score (nSPS) is 47.9. The minimum Gasteiger partial charge on any atom is -0.492 e. The number of H-pyrrole nitrogens is 1. The van der Waals surface area contributed by atoms with Gasteiger partial charge in [-0.1, -0.05) is 6.92 Å². The predicted octanol–water partition coefficient (Wildman–Crippen LogP) is 3.07. The lowest BCUT2D eigenvalue weighted by molar-refractivity contribution is -0.0796. The molecule has 4 aliphatic carbocycles. The topological polar surface area (TPSA) is 41.0 Å². The van der Waals surface area contributed by atoms with Crippen molar-refractivity contribution < 1.29 is 5.11 Å². The molecule has 0 radical (unpaired) electrons. The van der Waals surface area contributed by atoms with Gasteiger partial charge in [0.25, 0.3) is 0 Å². The second kappa shape index (κ2) is 3.12. The molecule has 0 spiro atoms. The van der Waals surface area contributed by atoms with Gasteiger partial charge in [0.1, 0.15) is 0 Å². The van der Waals surface area contributed by atoms with Crippen LogP contribution >= 0.6 is 0 Å². The summed E-state index contributed by atoms with van der Waals surface area (Å²) in [5, 5.41) is 13.3. The molecule has 1 aromatic heterocycles. The fraction of sp³-hybridized carbons (Fsp3) is 0.857. The van der Waals surface area contributed by atoms with Crippen LogP contribution < -0.4 is 0 Å². The third kappa shape index (κ3) is 1.18. The van der Waals surface area contributed by atoms with Crippen molar-refractivity contribution in [1.29, 1.82) is 0 Å². The number of aromatic nitrogens is 2. The molecule has 4 fully saturated rings. The van der Waals surface area contributed by atoms with Gasteiger partial charge >= 0.3 is 0 Å². The molecule has 4 aliphatic rings. The van der Waals surface area contributed by atoms with Crippen molar-refractivity contribution >= 4 is 0 Å². The second-order valence-electron chi connectivity index (χ2n) is 6.77. The minimum absolute atomic E-state index is 0.495. The van der Waals surface area contributed by atoms with Crippen molar-refractivity contribution in [3.8, 4) is 5.88 Å². The first-order valence-electron chi connectivity index (χ1n) is 7.11. The Balaban J connectivity index is 1.71. The monoisotopic (exact) mass is 234 g/mol. The first-order valence-corrected chi connectivity index (χ1v) is 7.11. The number of hydrogen-bond donors (Lipinski definition) is 2. The molecular weight excluding hydrogens is 212 g/mol. The number of rotatable bonds is 1. The number of nitrogens with zero attached hydrogens (tertiary/aromatic N) is 1. The quantitative estimate of drug-likeness (QED) is 0.770. The van der Waals surface area contributed by atoms with Crippen LogP contribution in [0.25, 0.3) is 0 Å². The fourth-order valence-electron chi connectivity index (χ4n) is 5.21. The lowest BCUT2D eigenvalue weighted by Gasteiger charge is -2.58. The smallest absolute Gasteiger partial charge is 0.227 e. The Morgan fingerprint density at radius 1 is 1.18 bits per heavy atom. The van der Waals surface area contributed by atoms with E-state index < -0.39 is 0 Å². The van der Waals surface area contributed by atoms with Crippen molar-refractivity contribution in [3.63, 3.8) is 0 Å². The first-order chi connectivity index (χ1) is 8.15. The molecular formula is C14H22N2O. The molecule has 4 bridgehead atoms. The highest BCUT2D eigenvalue weighted by atomic mass is 16.3. The van der Waals surface area contributed by atoms with E-state index in [9.17, 15) is 5.11 Å². The molecule has 1 heterocycles. The van der Waals surface area contributed by atoms with Crippen LogP contribution in [-0.2, 0) is 0 Å². The summed E-state index contributed by atoms with van der Waals surface area (Å²) < 4.78 is 2.07. The molecule has 1 aromatic rings. The van der Waals surface area contributed by atoms with E-state index in [0.29, 0.717) is 11.9 Å². The SMILES string of the molecule is Cc1[nH]n(C2C3CC4CC(C3)C(C)C2C4)c1O. The van der Waals surface area contributed by atoms with Crippen LogP contribution in [0.5, 0.6) is 5.88 Å². The highest BCUT2D eigenvalue weighted by Crippen LogP contribution is 2.61. The maximum absolute atomic E-state index is 9.99. The van der Waals surface area contributed by atoms with Gasteiger partial charge in [0.2, 0.25) is 5.88 Å². The molecule has 3 heteroatoms. The Kier molecular flexibility index (Phi) is 1.85. The zero-order chi connectivity index (χ0) is 11.7. The molecule has 0 saturated heterocycles. The summed E-state index contributed by atoms with van der Waals surface area (Å²) in [6.45, 7) is 4.39. The Morgan fingerprint density at radius 2 is 1.94 bits per heavy atom. The minimum atomic E-state index is 0.495. The van der Waals surface area contributed by atoms with Gasteiger partial charge in [-0.3, -0.25) is 9.78 Å². The van der Waals surface area contributed by atoms with Gasteiger partial charge in [0.15, 0.2) is 0 Å². The lowest BCUT2D eigenvalue weighted by Crippen LogP contribution is -2.51. The van der Waals surface area contributed by atoms with Gasteiger partial charge in [-0.25, -0.2) is 0 Å². The molecule has 5 rings (SSSR count). The average molecular weight is 234 g/mol. The predicted molar refractivity (Wildman–Crippen MR) is 65.8 cm³/mol. The molecule has 6 unspecified atom stereocenters. The molecule has 2 N–H and O–H groups in total. The van der Waals surface area contributed by atoms with Crippen LogP contribution in [0, 0.1) is 36.5 Å². The van der Waals surface area contributed by atoms with E-state index in [1.165, 1.54) is 25.7 Å². The number of hydrogen-bond acceptors (Lipinski definition) is 1. The standard InChI is InChI=1S/C14H22N2O/c1-7-10-3-9-4-11(6-10)13(12(7)5-9)16-14(17)8(2)15-16/h7,9-13,15,17H,3-6H2,1-2H3. The zero-order valence-electron chi connectivity index (χ0n) is 10.7. The van der Waals surface area contributed by atoms with E-state index in [1.807, 2.05) is 6.92 Å². The lowest BCUT2D eigenvalue weighted by atomic mass is 9.50. The summed E-state index contributed by atoms with van der Waals surface area (Å²) >= 11 is 0. The molecule has 6 atom stereocenters. The summed E-state index contributed by atoms with van der Waals surface area (Å²) in [6, 6.07) is 0.557. The summed E-state index contributed by atoms with van der Waals surface area (Å²) in [4.78, 5) is 0. The van der Waals surface area contributed by atoms with Crippen molar-refractivity contribution in [2.45, 2.75) is 45.6 Å². The highest BCUT2D eigenvalue weighted by Gasteiger charge is 2.53. The van der Waals surface area contributed by atoms with Gasteiger partial charge in [0.05, 0.1) is 11.7 Å². The van der Waals surface area contributed by atoms with Crippen molar-refractivity contribution in [1.82, 2.24) is 9.78 Å². The van der Waals surface area contributed by atoms with Crippen LogP contribution in [0.3, 0.4) is 0 Å². The van der Waals surface area contributed by atoms with Gasteiger partial charge in [0, 0.05) is 0 Å². The Bertz CT molecular complexity index is 447. The Labute approximate surface area is 102 Å². The summed E-state index contributed by atoms with van der Waals surface area (Å²) in [7, 11) is 0. The van der Waals surface area contributed by atoms with Crippen LogP contribution in [0.1, 0.15) is 44.3 Å². The van der Waals surface area contributed by atoms with Gasteiger partial charge in [-0.2, -0.15) is 0 Å². The average Bonchev–Trinajstić information content (AvgIpc) is 2.33. The van der Waals surface area contributed by atoms with Crippen molar-refractivity contribution in [3.05, 3.63) is 5.69 Å². The summed E-state index contributed by atoms with van der Waals surface area (Å²) in [6.07, 6.45) is 5.66. The van der Waals surface area contributed by atoms with E-state index in [4.69, 9.17) is 0 Å². The number of aromatic amines is 1. The van der Waals surface area contributed by atoms with E-state index in [1.54, 1.807) is 0 Å². The van der Waals surface area contributed by atoms with E-state index >= 15 is 0 Å². The van der Waals surface area contributed by atoms with Crippen LogP contribution in [0.15, 0.2) is 0 Å². The molecule has 4 saturated carbocycles. The van der Waals surface area contributed by atoms with Gasteiger partial charge < -0.3 is 5.11 Å². The molecule has 94 valence electrons. The van der Waals surface area contributed by atoms with E-state index in [0.717, 1.165) is 35.3 Å². The fourth-order valence-corrected chi connectivity index (χ4v) is 5.21. The maximum Gasteiger partial charge on any atom is 0.227 e. The molecule has 0 aromatic carbocycles. The summed E-state index contributed by atoms with van der Waals surface area (Å²) in [5.41, 5.74) is 0.937. The van der Waals surface area contributed by atoms with Crippen molar-refractivity contribution in [2.75, 3.05) is 0 Å². The van der Waals surface area contributed by atoms with Crippen molar-refractivity contribution in [2.24, 2.45) is 29.6 Å². The third-order valence-corrected chi connectivity index (χ3v) is 5.97. The van der Waals surface area contributed by atoms with Gasteiger partial charge in [-0.05, 0) is 62.2 Å². The maximum atomic E-state index is 9.99. The second-order valence-corrected chi connectivity index (χ2v) is 6.77. The van der Waals surface area contributed by atoms with E-state index in [2.05, 4.69) is 16.7 Å². The van der Waals surface area contributed by atoms with Gasteiger partial charge in [-0.15, -0.1) is 0 Å². The number of nitrogens with one attached hydrogen (secondary N) is 1. The van der Waals surface area contributed by atoms with E-state index in [-0.39, 0.29) is 0 Å². The molecule has 3 nitrogen and oxygen atoms in total. The first kappa shape index (κ1) is 10.1. The highest BCUT2D eigenvalue weighted by molar-refractivity contribution is 5.20. The zero-order valence-corrected chi connectivity index (χ0v) is 10.7.